The van der Waals surface area contributed by atoms with Gasteiger partial charge in [0.2, 0.25) is 0 Å². The Morgan fingerprint density at radius 1 is 1.05 bits per heavy atom. The maximum Gasteiger partial charge on any atom is 0.573 e. The van der Waals surface area contributed by atoms with E-state index in [4.69, 9.17) is 9.47 Å². The minimum absolute atomic E-state index is 0.0599. The molecule has 0 spiro atoms. The number of esters is 1. The lowest BCUT2D eigenvalue weighted by atomic mass is 9.89. The fourth-order valence-corrected chi connectivity index (χ4v) is 4.37. The van der Waals surface area contributed by atoms with Crippen LogP contribution in [0.15, 0.2) is 60.7 Å². The molecule has 37 heavy (non-hydrogen) atoms. The Kier molecular flexibility index (Phi) is 8.00. The third kappa shape index (κ3) is 6.81. The molecule has 11 heteroatoms. The zero-order valence-corrected chi connectivity index (χ0v) is 20.4. The molecule has 1 aliphatic heterocycles. The summed E-state index contributed by atoms with van der Waals surface area (Å²) >= 11 is 0. The van der Waals surface area contributed by atoms with E-state index in [0.717, 1.165) is 11.1 Å². The highest BCUT2D eigenvalue weighted by Crippen LogP contribution is 2.36. The van der Waals surface area contributed by atoms with Gasteiger partial charge in [0.1, 0.15) is 17.4 Å². The first kappa shape index (κ1) is 26.1. The second kappa shape index (κ2) is 11.4. The van der Waals surface area contributed by atoms with Gasteiger partial charge in [-0.3, -0.25) is 4.79 Å². The van der Waals surface area contributed by atoms with Crippen LogP contribution in [0.1, 0.15) is 17.0 Å². The molecule has 0 bridgehead atoms. The smallest absolute Gasteiger partial charge is 0.469 e. The number of methoxy groups -OCH3 is 2. The van der Waals surface area contributed by atoms with Crippen LogP contribution in [0.3, 0.4) is 0 Å². The normalized spacial score (nSPS) is 17.4. The molecule has 2 heterocycles. The molecule has 1 saturated heterocycles. The molecule has 0 amide bonds. The first-order valence-corrected chi connectivity index (χ1v) is 11.6. The monoisotopic (exact) mass is 516 g/mol. The van der Waals surface area contributed by atoms with E-state index in [1.807, 2.05) is 35.2 Å². The summed E-state index contributed by atoms with van der Waals surface area (Å²) in [5.41, 5.74) is 1.88. The van der Waals surface area contributed by atoms with Gasteiger partial charge < -0.3 is 24.4 Å². The van der Waals surface area contributed by atoms with E-state index in [0.29, 0.717) is 37.7 Å². The van der Waals surface area contributed by atoms with E-state index in [1.54, 1.807) is 18.2 Å². The fraction of sp³-hybridized carbons (Fsp3) is 0.346. The van der Waals surface area contributed by atoms with Gasteiger partial charge in [-0.1, -0.05) is 42.5 Å². The average Bonchev–Trinajstić information content (AvgIpc) is 3.34. The number of nitrogens with one attached hydrogen (secondary N) is 1. The van der Waals surface area contributed by atoms with Crippen LogP contribution in [-0.4, -0.2) is 56.2 Å². The van der Waals surface area contributed by atoms with Gasteiger partial charge in [-0.05, 0) is 29.7 Å². The molecule has 8 nitrogen and oxygen atoms in total. The van der Waals surface area contributed by atoms with Gasteiger partial charge in [-0.15, -0.1) is 13.2 Å². The molecule has 3 aromatic rings. The lowest BCUT2D eigenvalue weighted by molar-refractivity contribution is -0.274. The summed E-state index contributed by atoms with van der Waals surface area (Å²) in [5.74, 6) is 0.179. The van der Waals surface area contributed by atoms with Gasteiger partial charge >= 0.3 is 18.3 Å². The van der Waals surface area contributed by atoms with Gasteiger partial charge in [0.25, 0.3) is 0 Å². The number of halogens is 3. The van der Waals surface area contributed by atoms with Crippen LogP contribution in [-0.2, 0) is 16.0 Å². The molecular formula is C26H27F3N4O4. The maximum absolute atomic E-state index is 12.5. The molecule has 4 rings (SSSR count). The van der Waals surface area contributed by atoms with Crippen LogP contribution in [0.5, 0.6) is 11.8 Å². The van der Waals surface area contributed by atoms with Crippen LogP contribution in [0.2, 0.25) is 0 Å². The molecule has 0 radical (unpaired) electrons. The number of hydrogen-bond donors (Lipinski definition) is 1. The molecule has 2 atom stereocenters. The number of rotatable bonds is 9. The second-order valence-electron chi connectivity index (χ2n) is 8.52. The predicted molar refractivity (Wildman–Crippen MR) is 131 cm³/mol. The summed E-state index contributed by atoms with van der Waals surface area (Å²) in [4.78, 5) is 23.4. The van der Waals surface area contributed by atoms with Gasteiger partial charge in [0.15, 0.2) is 0 Å². The third-order valence-electron chi connectivity index (χ3n) is 6.13. The Hall–Kier alpha value is -4.02. The molecule has 0 unspecified atom stereocenters. The molecular weight excluding hydrogens is 489 g/mol. The first-order chi connectivity index (χ1) is 17.8. The van der Waals surface area contributed by atoms with Gasteiger partial charge in [-0.2, -0.15) is 9.97 Å². The van der Waals surface area contributed by atoms with E-state index >= 15 is 0 Å². The van der Waals surface area contributed by atoms with E-state index < -0.39 is 6.36 Å². The summed E-state index contributed by atoms with van der Waals surface area (Å²) in [6, 6.07) is 17.5. The van der Waals surface area contributed by atoms with Crippen molar-refractivity contribution in [2.75, 3.05) is 44.1 Å². The molecule has 1 fully saturated rings. The van der Waals surface area contributed by atoms with E-state index in [1.165, 1.54) is 26.4 Å². The van der Waals surface area contributed by atoms with E-state index in [-0.39, 0.29) is 29.6 Å². The lowest BCUT2D eigenvalue weighted by Crippen LogP contribution is -2.25. The van der Waals surface area contributed by atoms with Crippen LogP contribution in [0.4, 0.5) is 24.8 Å². The minimum Gasteiger partial charge on any atom is -0.469 e. The summed E-state index contributed by atoms with van der Waals surface area (Å²) in [7, 11) is 2.86. The molecule has 0 aliphatic carbocycles. The zero-order chi connectivity index (χ0) is 26.4. The lowest BCUT2D eigenvalue weighted by Gasteiger charge is -2.19. The third-order valence-corrected chi connectivity index (χ3v) is 6.13. The van der Waals surface area contributed by atoms with Crippen molar-refractivity contribution in [1.82, 2.24) is 9.97 Å². The van der Waals surface area contributed by atoms with Crippen LogP contribution < -0.4 is 19.7 Å². The number of anilines is 2. The van der Waals surface area contributed by atoms with Crippen molar-refractivity contribution >= 4 is 17.6 Å². The van der Waals surface area contributed by atoms with Crippen LogP contribution in [0.25, 0.3) is 0 Å². The second-order valence-corrected chi connectivity index (χ2v) is 8.52. The highest BCUT2D eigenvalue weighted by atomic mass is 19.4. The van der Waals surface area contributed by atoms with Crippen molar-refractivity contribution in [2.45, 2.75) is 18.7 Å². The first-order valence-electron chi connectivity index (χ1n) is 11.6. The summed E-state index contributed by atoms with van der Waals surface area (Å²) in [6.07, 6.45) is -4.18. The summed E-state index contributed by atoms with van der Waals surface area (Å²) < 4.78 is 51.3. The highest BCUT2D eigenvalue weighted by molar-refractivity contribution is 5.76. The quantitative estimate of drug-likeness (QED) is 0.418. The standard InChI is InChI=1S/C26H27F3N4O4/c1-35-24(34)21-16-33(15-20(21)18-6-4-3-5-7-18)23-14-22(31-25(32-23)36-2)30-13-12-17-8-10-19(11-9-17)37-26(27,28)29/h3-11,14,20-21H,12-13,15-16H2,1-2H3,(H,30,31,32)/t20-,21+/m1/s1. The SMILES string of the molecule is COC(=O)[C@H]1CN(c2cc(NCCc3ccc(OC(F)(F)F)cc3)nc(OC)n2)C[C@@H]1c1ccccc1. The van der Waals surface area contributed by atoms with Crippen molar-refractivity contribution in [3.63, 3.8) is 0 Å². The summed E-state index contributed by atoms with van der Waals surface area (Å²) in [5, 5.41) is 3.21. The number of carbonyl (C=O) groups excluding carboxylic acids is 1. The topological polar surface area (TPSA) is 85.8 Å². The number of aromatic nitrogens is 2. The van der Waals surface area contributed by atoms with Gasteiger partial charge in [0, 0.05) is 31.6 Å². The number of alkyl halides is 3. The molecule has 0 saturated carbocycles. The highest BCUT2D eigenvalue weighted by Gasteiger charge is 2.40. The summed E-state index contributed by atoms with van der Waals surface area (Å²) in [6.45, 7) is 1.46. The van der Waals surface area contributed by atoms with Crippen molar-refractivity contribution in [3.05, 3.63) is 71.8 Å². The number of hydrogen-bond acceptors (Lipinski definition) is 8. The maximum atomic E-state index is 12.5. The minimum atomic E-state index is -4.72. The van der Waals surface area contributed by atoms with Crippen LogP contribution in [0, 0.1) is 5.92 Å². The van der Waals surface area contributed by atoms with Gasteiger partial charge in [-0.25, -0.2) is 0 Å². The number of ether oxygens (including phenoxy) is 3. The Labute approximate surface area is 212 Å². The molecule has 196 valence electrons. The molecule has 1 N–H and O–H groups in total. The van der Waals surface area contributed by atoms with E-state index in [9.17, 15) is 18.0 Å². The van der Waals surface area contributed by atoms with E-state index in [2.05, 4.69) is 20.0 Å². The Balaban J connectivity index is 1.44. The van der Waals surface area contributed by atoms with Crippen molar-refractivity contribution in [1.29, 1.82) is 0 Å². The molecule has 2 aromatic carbocycles. The number of carbonyl (C=O) groups is 1. The number of nitrogens with zero attached hydrogens (tertiary/aromatic N) is 3. The molecule has 1 aromatic heterocycles. The Morgan fingerprint density at radius 3 is 2.43 bits per heavy atom. The Morgan fingerprint density at radius 2 is 1.78 bits per heavy atom. The predicted octanol–water partition coefficient (Wildman–Crippen LogP) is 4.43. The van der Waals surface area contributed by atoms with Crippen molar-refractivity contribution in [2.24, 2.45) is 5.92 Å². The zero-order valence-electron chi connectivity index (χ0n) is 20.4. The number of benzene rings is 2. The largest absolute Gasteiger partial charge is 0.573 e. The average molecular weight is 517 g/mol. The Bertz CT molecular complexity index is 1190. The van der Waals surface area contributed by atoms with Crippen molar-refractivity contribution < 1.29 is 32.2 Å². The van der Waals surface area contributed by atoms with Gasteiger partial charge in [0.05, 0.1) is 20.1 Å². The fourth-order valence-electron chi connectivity index (χ4n) is 4.37. The van der Waals surface area contributed by atoms with Crippen molar-refractivity contribution in [3.8, 4) is 11.8 Å². The molecule has 1 aliphatic rings. The van der Waals surface area contributed by atoms with Crippen LogP contribution >= 0.6 is 0 Å².